The van der Waals surface area contributed by atoms with Gasteiger partial charge in [0, 0.05) is 19.1 Å². The van der Waals surface area contributed by atoms with E-state index in [2.05, 4.69) is 11.8 Å². The lowest BCUT2D eigenvalue weighted by atomic mass is 9.96. The van der Waals surface area contributed by atoms with Gasteiger partial charge in [0.1, 0.15) is 0 Å². The Morgan fingerprint density at radius 3 is 2.78 bits per heavy atom. The van der Waals surface area contributed by atoms with Gasteiger partial charge in [0.2, 0.25) is 0 Å². The van der Waals surface area contributed by atoms with E-state index in [0.29, 0.717) is 12.5 Å². The first kappa shape index (κ1) is 13.4. The van der Waals surface area contributed by atoms with E-state index in [0.717, 1.165) is 25.1 Å². The van der Waals surface area contributed by atoms with Crippen molar-refractivity contribution in [3.05, 3.63) is 35.4 Å². The Balaban J connectivity index is 2.18. The van der Waals surface area contributed by atoms with E-state index in [4.69, 9.17) is 5.73 Å². The molecule has 0 radical (unpaired) electrons. The van der Waals surface area contributed by atoms with Crippen LogP contribution >= 0.6 is 0 Å². The number of nitrogens with two attached hydrogens (primary N) is 1. The summed E-state index contributed by atoms with van der Waals surface area (Å²) in [5.74, 6) is -0.962. The zero-order valence-electron chi connectivity index (χ0n) is 10.7. The summed E-state index contributed by atoms with van der Waals surface area (Å²) < 4.78 is 26.2. The van der Waals surface area contributed by atoms with Gasteiger partial charge >= 0.3 is 0 Å². The molecule has 100 valence electrons. The van der Waals surface area contributed by atoms with E-state index in [1.807, 2.05) is 0 Å². The quantitative estimate of drug-likeness (QED) is 0.898. The molecular weight excluding hydrogens is 234 g/mol. The normalized spacial score (nSPS) is 23.0. The minimum atomic E-state index is -0.804. The topological polar surface area (TPSA) is 29.3 Å². The van der Waals surface area contributed by atoms with Crippen molar-refractivity contribution in [2.24, 2.45) is 11.7 Å². The summed E-state index contributed by atoms with van der Waals surface area (Å²) >= 11 is 0. The molecule has 1 saturated heterocycles. The number of halogens is 2. The zero-order chi connectivity index (χ0) is 13.1. The Hall–Kier alpha value is -1.00. The summed E-state index contributed by atoms with van der Waals surface area (Å²) in [5, 5.41) is 0. The highest BCUT2D eigenvalue weighted by Crippen LogP contribution is 2.26. The molecule has 2 unspecified atom stereocenters. The molecule has 18 heavy (non-hydrogen) atoms. The Kier molecular flexibility index (Phi) is 4.30. The average molecular weight is 254 g/mol. The van der Waals surface area contributed by atoms with Crippen LogP contribution in [-0.4, -0.2) is 24.5 Å². The third-order valence-corrected chi connectivity index (χ3v) is 3.68. The third-order valence-electron chi connectivity index (χ3n) is 3.68. The van der Waals surface area contributed by atoms with Crippen molar-refractivity contribution >= 4 is 0 Å². The molecule has 2 rings (SSSR count). The summed E-state index contributed by atoms with van der Waals surface area (Å²) in [6, 6.07) is 4.07. The van der Waals surface area contributed by atoms with Crippen molar-refractivity contribution in [1.82, 2.24) is 4.90 Å². The Morgan fingerprint density at radius 2 is 2.17 bits per heavy atom. The minimum absolute atomic E-state index is 0.0113. The van der Waals surface area contributed by atoms with E-state index in [1.165, 1.54) is 18.6 Å². The maximum Gasteiger partial charge on any atom is 0.159 e. The maximum atomic E-state index is 13.3. The van der Waals surface area contributed by atoms with Crippen molar-refractivity contribution in [2.75, 3.05) is 19.6 Å². The van der Waals surface area contributed by atoms with Crippen LogP contribution in [0.2, 0.25) is 0 Å². The molecule has 0 amide bonds. The Bertz CT molecular complexity index is 409. The van der Waals surface area contributed by atoms with Gasteiger partial charge in [-0.2, -0.15) is 0 Å². The number of nitrogens with zero attached hydrogens (tertiary/aromatic N) is 1. The van der Waals surface area contributed by atoms with Gasteiger partial charge in [-0.1, -0.05) is 13.0 Å². The van der Waals surface area contributed by atoms with Gasteiger partial charge < -0.3 is 5.73 Å². The van der Waals surface area contributed by atoms with Crippen molar-refractivity contribution in [3.63, 3.8) is 0 Å². The summed E-state index contributed by atoms with van der Waals surface area (Å²) in [5.41, 5.74) is 6.58. The molecule has 1 fully saturated rings. The molecule has 1 heterocycles. The smallest absolute Gasteiger partial charge is 0.159 e. The van der Waals surface area contributed by atoms with E-state index in [1.54, 1.807) is 6.07 Å². The predicted octanol–water partition coefficient (Wildman–Crippen LogP) is 2.70. The molecule has 2 nitrogen and oxygen atoms in total. The first-order valence-corrected chi connectivity index (χ1v) is 6.51. The van der Waals surface area contributed by atoms with Gasteiger partial charge in [-0.15, -0.1) is 0 Å². The van der Waals surface area contributed by atoms with Gasteiger partial charge in [-0.05, 0) is 43.0 Å². The maximum absolute atomic E-state index is 13.3. The molecule has 2 atom stereocenters. The van der Waals surface area contributed by atoms with Gasteiger partial charge in [0.15, 0.2) is 11.6 Å². The van der Waals surface area contributed by atoms with Crippen LogP contribution < -0.4 is 5.73 Å². The van der Waals surface area contributed by atoms with E-state index in [9.17, 15) is 8.78 Å². The predicted molar refractivity (Wildman–Crippen MR) is 68.1 cm³/mol. The molecule has 1 aromatic carbocycles. The van der Waals surface area contributed by atoms with Gasteiger partial charge in [-0.25, -0.2) is 8.78 Å². The molecule has 1 aliphatic heterocycles. The van der Waals surface area contributed by atoms with Gasteiger partial charge in [-0.3, -0.25) is 4.90 Å². The molecule has 0 saturated carbocycles. The first-order chi connectivity index (χ1) is 8.61. The van der Waals surface area contributed by atoms with Crippen LogP contribution in [-0.2, 0) is 0 Å². The Morgan fingerprint density at radius 1 is 1.39 bits per heavy atom. The molecule has 0 spiro atoms. The van der Waals surface area contributed by atoms with Crippen LogP contribution in [0.5, 0.6) is 0 Å². The minimum Gasteiger partial charge on any atom is -0.329 e. The fourth-order valence-corrected chi connectivity index (χ4v) is 2.72. The van der Waals surface area contributed by atoms with Crippen LogP contribution in [0.3, 0.4) is 0 Å². The summed E-state index contributed by atoms with van der Waals surface area (Å²) in [7, 11) is 0. The number of piperidine rings is 1. The largest absolute Gasteiger partial charge is 0.329 e. The summed E-state index contributed by atoms with van der Waals surface area (Å²) in [6.07, 6.45) is 2.37. The fraction of sp³-hybridized carbons (Fsp3) is 0.571. The van der Waals surface area contributed by atoms with Crippen molar-refractivity contribution in [2.45, 2.75) is 25.8 Å². The number of rotatable bonds is 3. The molecule has 0 bridgehead atoms. The molecule has 1 aliphatic rings. The highest BCUT2D eigenvalue weighted by molar-refractivity contribution is 5.22. The van der Waals surface area contributed by atoms with Crippen molar-refractivity contribution in [3.8, 4) is 0 Å². The number of benzene rings is 1. The monoisotopic (exact) mass is 254 g/mol. The number of hydrogen-bond donors (Lipinski definition) is 1. The summed E-state index contributed by atoms with van der Waals surface area (Å²) in [4.78, 5) is 2.28. The second-order valence-electron chi connectivity index (χ2n) is 5.17. The Labute approximate surface area is 107 Å². The van der Waals surface area contributed by atoms with Crippen LogP contribution in [0.4, 0.5) is 8.78 Å². The summed E-state index contributed by atoms with van der Waals surface area (Å²) in [6.45, 7) is 4.59. The fourth-order valence-electron chi connectivity index (χ4n) is 2.72. The lowest BCUT2D eigenvalue weighted by molar-refractivity contribution is 0.133. The number of hydrogen-bond acceptors (Lipinski definition) is 2. The van der Waals surface area contributed by atoms with Crippen LogP contribution in [0.1, 0.15) is 31.4 Å². The van der Waals surface area contributed by atoms with Gasteiger partial charge in [0.05, 0.1) is 0 Å². The lowest BCUT2D eigenvalue weighted by Gasteiger charge is -2.37. The standard InChI is InChI=1S/C14H20F2N2/c1-10-3-2-6-18(9-10)14(8-17)11-4-5-12(15)13(16)7-11/h4-5,7,10,14H,2-3,6,8-9,17H2,1H3. The second-order valence-corrected chi connectivity index (χ2v) is 5.17. The van der Waals surface area contributed by atoms with Crippen LogP contribution in [0, 0.1) is 17.6 Å². The highest BCUT2D eigenvalue weighted by atomic mass is 19.2. The molecule has 0 aromatic heterocycles. The van der Waals surface area contributed by atoms with Crippen LogP contribution in [0.25, 0.3) is 0 Å². The lowest BCUT2D eigenvalue weighted by Crippen LogP contribution is -2.40. The molecule has 1 aromatic rings. The molecule has 0 aliphatic carbocycles. The zero-order valence-corrected chi connectivity index (χ0v) is 10.7. The second kappa shape index (κ2) is 5.76. The van der Waals surface area contributed by atoms with Crippen molar-refractivity contribution < 1.29 is 8.78 Å². The molecular formula is C14H20F2N2. The highest BCUT2D eigenvalue weighted by Gasteiger charge is 2.24. The SMILES string of the molecule is CC1CCCN(C(CN)c2ccc(F)c(F)c2)C1. The molecule has 4 heteroatoms. The molecule has 2 N–H and O–H groups in total. The van der Waals surface area contributed by atoms with E-state index < -0.39 is 11.6 Å². The van der Waals surface area contributed by atoms with Gasteiger partial charge in [0.25, 0.3) is 0 Å². The van der Waals surface area contributed by atoms with E-state index >= 15 is 0 Å². The van der Waals surface area contributed by atoms with Crippen molar-refractivity contribution in [1.29, 1.82) is 0 Å². The number of likely N-dealkylation sites (tertiary alicyclic amines) is 1. The van der Waals surface area contributed by atoms with E-state index in [-0.39, 0.29) is 6.04 Å². The first-order valence-electron chi connectivity index (χ1n) is 6.51. The van der Waals surface area contributed by atoms with Crippen LogP contribution in [0.15, 0.2) is 18.2 Å². The average Bonchev–Trinajstić information content (AvgIpc) is 2.35. The third kappa shape index (κ3) is 2.87.